The molecule has 0 saturated carbocycles. The summed E-state index contributed by atoms with van der Waals surface area (Å²) >= 11 is 0. The lowest BCUT2D eigenvalue weighted by Crippen LogP contribution is -2.02. The van der Waals surface area contributed by atoms with Crippen LogP contribution in [0.15, 0.2) is 35.5 Å². The van der Waals surface area contributed by atoms with Crippen molar-refractivity contribution in [2.24, 2.45) is 5.10 Å². The van der Waals surface area contributed by atoms with Gasteiger partial charge in [-0.15, -0.1) is 0 Å². The molecule has 8 nitrogen and oxygen atoms in total. The van der Waals surface area contributed by atoms with Gasteiger partial charge in [0, 0.05) is 6.07 Å². The monoisotopic (exact) mass is 278 g/mol. The highest BCUT2D eigenvalue weighted by atomic mass is 16.6. The minimum absolute atomic E-state index is 0.0869. The number of rotatable bonds is 6. The maximum absolute atomic E-state index is 10.9. The Hall–Kier alpha value is -2.77. The molecule has 8 heteroatoms. The van der Waals surface area contributed by atoms with Crippen molar-refractivity contribution < 1.29 is 9.85 Å². The normalized spacial score (nSPS) is 11.0. The van der Waals surface area contributed by atoms with Crippen LogP contribution in [0.5, 0.6) is 0 Å². The van der Waals surface area contributed by atoms with Gasteiger partial charge in [-0.1, -0.05) is 13.5 Å². The van der Waals surface area contributed by atoms with E-state index in [1.807, 2.05) is 6.92 Å². The standard InChI is InChI=1S/C12H14N4O4/c1-4-8(2)9(3)13-14-11-6-5-10(15(17)18)7-12(11)16(19)20/h5-7,14H,2,4H2,1,3H3/b13-9+. The van der Waals surface area contributed by atoms with Crippen molar-refractivity contribution in [1.29, 1.82) is 0 Å². The molecule has 0 aromatic heterocycles. The quantitative estimate of drug-likeness (QED) is 0.487. The summed E-state index contributed by atoms with van der Waals surface area (Å²) in [5.74, 6) is 0. The molecule has 0 aliphatic heterocycles. The first-order valence-electron chi connectivity index (χ1n) is 5.78. The highest BCUT2D eigenvalue weighted by molar-refractivity contribution is 5.98. The molecule has 0 amide bonds. The predicted molar refractivity (Wildman–Crippen MR) is 75.9 cm³/mol. The number of hydrazone groups is 1. The zero-order valence-electron chi connectivity index (χ0n) is 11.1. The number of nitrogens with one attached hydrogen (secondary N) is 1. The van der Waals surface area contributed by atoms with Crippen LogP contribution in [-0.2, 0) is 0 Å². The van der Waals surface area contributed by atoms with E-state index in [1.165, 1.54) is 12.1 Å². The fourth-order valence-corrected chi connectivity index (χ4v) is 1.36. The second-order valence-electron chi connectivity index (χ2n) is 3.98. The summed E-state index contributed by atoms with van der Waals surface area (Å²) in [6.45, 7) is 7.42. The molecule has 1 aromatic rings. The molecule has 0 aliphatic carbocycles. The second-order valence-corrected chi connectivity index (χ2v) is 3.98. The molecule has 1 rings (SSSR count). The average molecular weight is 278 g/mol. The molecule has 0 heterocycles. The number of allylic oxidation sites excluding steroid dienone is 1. The van der Waals surface area contributed by atoms with Gasteiger partial charge in [0.05, 0.1) is 21.6 Å². The lowest BCUT2D eigenvalue weighted by atomic mass is 10.1. The van der Waals surface area contributed by atoms with Crippen LogP contribution < -0.4 is 5.43 Å². The van der Waals surface area contributed by atoms with E-state index in [0.29, 0.717) is 12.1 Å². The highest BCUT2D eigenvalue weighted by Gasteiger charge is 2.19. The minimum atomic E-state index is -0.700. The van der Waals surface area contributed by atoms with Gasteiger partial charge in [0.1, 0.15) is 5.69 Å². The Morgan fingerprint density at radius 3 is 2.50 bits per heavy atom. The number of hydrogen-bond donors (Lipinski definition) is 1. The molecule has 1 aromatic carbocycles. The van der Waals surface area contributed by atoms with Gasteiger partial charge in [-0.3, -0.25) is 25.7 Å². The van der Waals surface area contributed by atoms with Gasteiger partial charge in [-0.2, -0.15) is 5.10 Å². The number of benzene rings is 1. The SMILES string of the molecule is C=C(CC)/C(C)=N/Nc1ccc([N+](=O)[O-])cc1[N+](=O)[O-]. The largest absolute Gasteiger partial charge is 0.301 e. The molecule has 0 atom stereocenters. The summed E-state index contributed by atoms with van der Waals surface area (Å²) in [5.41, 5.74) is 3.28. The number of anilines is 1. The van der Waals surface area contributed by atoms with Gasteiger partial charge >= 0.3 is 5.69 Å². The molecule has 0 saturated heterocycles. The van der Waals surface area contributed by atoms with Gasteiger partial charge in [0.25, 0.3) is 5.69 Å². The lowest BCUT2D eigenvalue weighted by Gasteiger charge is -2.05. The molecule has 0 bridgehead atoms. The van der Waals surface area contributed by atoms with Crippen LogP contribution in [0.2, 0.25) is 0 Å². The summed E-state index contributed by atoms with van der Waals surface area (Å²) in [7, 11) is 0. The van der Waals surface area contributed by atoms with Crippen LogP contribution >= 0.6 is 0 Å². The first-order chi connectivity index (χ1) is 9.36. The highest BCUT2D eigenvalue weighted by Crippen LogP contribution is 2.28. The molecular weight excluding hydrogens is 264 g/mol. The van der Waals surface area contributed by atoms with E-state index in [2.05, 4.69) is 17.1 Å². The predicted octanol–water partition coefficient (Wildman–Crippen LogP) is 3.26. The smallest absolute Gasteiger partial charge is 0.271 e. The van der Waals surface area contributed by atoms with Crippen LogP contribution in [-0.4, -0.2) is 15.6 Å². The van der Waals surface area contributed by atoms with Crippen molar-refractivity contribution in [3.8, 4) is 0 Å². The fraction of sp³-hybridized carbons (Fsp3) is 0.250. The van der Waals surface area contributed by atoms with Crippen LogP contribution in [0.25, 0.3) is 0 Å². The van der Waals surface area contributed by atoms with Crippen molar-refractivity contribution in [2.75, 3.05) is 5.43 Å². The van der Waals surface area contributed by atoms with E-state index in [4.69, 9.17) is 0 Å². The maximum atomic E-state index is 10.9. The van der Waals surface area contributed by atoms with Crippen molar-refractivity contribution in [3.63, 3.8) is 0 Å². The van der Waals surface area contributed by atoms with Gasteiger partial charge in [0.2, 0.25) is 0 Å². The van der Waals surface area contributed by atoms with Gasteiger partial charge in [-0.05, 0) is 25.0 Å². The summed E-state index contributed by atoms with van der Waals surface area (Å²) in [4.78, 5) is 20.1. The number of nitro benzene ring substituents is 2. The third kappa shape index (κ3) is 3.61. The molecule has 0 unspecified atom stereocenters. The molecule has 20 heavy (non-hydrogen) atoms. The Labute approximate surface area is 115 Å². The van der Waals surface area contributed by atoms with E-state index < -0.39 is 15.5 Å². The summed E-state index contributed by atoms with van der Waals surface area (Å²) < 4.78 is 0. The van der Waals surface area contributed by atoms with Crippen molar-refractivity contribution >= 4 is 22.8 Å². The van der Waals surface area contributed by atoms with Crippen LogP contribution in [0, 0.1) is 20.2 Å². The Morgan fingerprint density at radius 2 is 2.00 bits per heavy atom. The molecule has 106 valence electrons. The van der Waals surface area contributed by atoms with Crippen LogP contribution in [0.3, 0.4) is 0 Å². The summed E-state index contributed by atoms with van der Waals surface area (Å²) in [6, 6.07) is 3.32. The molecular formula is C12H14N4O4. The fourth-order valence-electron chi connectivity index (χ4n) is 1.36. The zero-order chi connectivity index (χ0) is 15.3. The van der Waals surface area contributed by atoms with Crippen LogP contribution in [0.1, 0.15) is 20.3 Å². The second kappa shape index (κ2) is 6.41. The number of hydrogen-bond acceptors (Lipinski definition) is 6. The van der Waals surface area contributed by atoms with Crippen LogP contribution in [0.4, 0.5) is 17.1 Å². The van der Waals surface area contributed by atoms with Crippen molar-refractivity contribution in [3.05, 3.63) is 50.6 Å². The Bertz CT molecular complexity index is 595. The molecule has 1 N–H and O–H groups in total. The molecule has 0 aliphatic rings. The molecule has 0 fully saturated rings. The van der Waals surface area contributed by atoms with E-state index in [0.717, 1.165) is 11.6 Å². The Balaban J connectivity index is 3.10. The van der Waals surface area contributed by atoms with E-state index in [-0.39, 0.29) is 11.4 Å². The number of nitro groups is 2. The molecule has 0 spiro atoms. The van der Waals surface area contributed by atoms with Gasteiger partial charge in [-0.25, -0.2) is 0 Å². The zero-order valence-corrected chi connectivity index (χ0v) is 11.1. The first-order valence-corrected chi connectivity index (χ1v) is 5.78. The third-order valence-electron chi connectivity index (χ3n) is 2.67. The van der Waals surface area contributed by atoms with E-state index in [9.17, 15) is 20.2 Å². The Morgan fingerprint density at radius 1 is 1.35 bits per heavy atom. The van der Waals surface area contributed by atoms with E-state index in [1.54, 1.807) is 6.92 Å². The minimum Gasteiger partial charge on any atom is -0.271 e. The van der Waals surface area contributed by atoms with E-state index >= 15 is 0 Å². The number of nitrogens with zero attached hydrogens (tertiary/aromatic N) is 3. The van der Waals surface area contributed by atoms with Crippen molar-refractivity contribution in [1.82, 2.24) is 0 Å². The lowest BCUT2D eigenvalue weighted by molar-refractivity contribution is -0.393. The summed E-state index contributed by atoms with van der Waals surface area (Å²) in [6.07, 6.45) is 0.708. The first kappa shape index (κ1) is 15.3. The third-order valence-corrected chi connectivity index (χ3v) is 2.67. The topological polar surface area (TPSA) is 111 Å². The number of non-ortho nitro benzene ring substituents is 1. The van der Waals surface area contributed by atoms with Gasteiger partial charge in [0.15, 0.2) is 0 Å². The molecule has 0 radical (unpaired) electrons. The summed E-state index contributed by atoms with van der Waals surface area (Å²) in [5, 5.41) is 25.5. The average Bonchev–Trinajstić information content (AvgIpc) is 2.43. The maximum Gasteiger partial charge on any atom is 0.301 e. The van der Waals surface area contributed by atoms with Crippen molar-refractivity contribution in [2.45, 2.75) is 20.3 Å². The van der Waals surface area contributed by atoms with Gasteiger partial charge < -0.3 is 0 Å². The Kier molecular flexibility index (Phi) is 4.90.